The Kier molecular flexibility index (Phi) is 3.10. The van der Waals surface area contributed by atoms with Crippen molar-refractivity contribution >= 4 is 5.69 Å². The molecular weight excluding hydrogens is 178 g/mol. The number of aromatic nitrogens is 1. The van der Waals surface area contributed by atoms with E-state index in [0.29, 0.717) is 0 Å². The van der Waals surface area contributed by atoms with Crippen molar-refractivity contribution < 1.29 is 8.78 Å². The molecule has 0 spiro atoms. The fourth-order valence-electron chi connectivity index (χ4n) is 0.976. The minimum Gasteiger partial charge on any atom is -0.398 e. The molecule has 1 atom stereocenters. The molecule has 0 aliphatic carbocycles. The first kappa shape index (κ1) is 9.82. The van der Waals surface area contributed by atoms with Crippen LogP contribution in [0.1, 0.15) is 11.6 Å². The van der Waals surface area contributed by atoms with E-state index >= 15 is 0 Å². The predicted octanol–water partition coefficient (Wildman–Crippen LogP) is 0.433. The van der Waals surface area contributed by atoms with Gasteiger partial charge >= 0.3 is 0 Å². The summed E-state index contributed by atoms with van der Waals surface area (Å²) < 4.78 is 24.7. The molecule has 0 fully saturated rings. The maximum atomic E-state index is 12.3. The van der Waals surface area contributed by atoms with E-state index in [1.807, 2.05) is 5.43 Å². The van der Waals surface area contributed by atoms with Crippen LogP contribution in [-0.4, -0.2) is 11.4 Å². The van der Waals surface area contributed by atoms with E-state index in [-0.39, 0.29) is 11.3 Å². The smallest absolute Gasteiger partial charge is 0.259 e. The van der Waals surface area contributed by atoms with Gasteiger partial charge in [0.1, 0.15) is 6.04 Å². The Morgan fingerprint density at radius 3 is 2.62 bits per heavy atom. The zero-order chi connectivity index (χ0) is 9.84. The summed E-state index contributed by atoms with van der Waals surface area (Å²) in [5.41, 5.74) is 7.91. The van der Waals surface area contributed by atoms with Gasteiger partial charge in [0.05, 0.1) is 0 Å². The maximum absolute atomic E-state index is 12.3. The first-order valence-corrected chi connectivity index (χ1v) is 3.60. The molecule has 0 radical (unpaired) electrons. The van der Waals surface area contributed by atoms with Crippen LogP contribution in [-0.2, 0) is 0 Å². The highest BCUT2D eigenvalue weighted by Gasteiger charge is 2.22. The highest BCUT2D eigenvalue weighted by molar-refractivity contribution is 5.46. The second kappa shape index (κ2) is 4.11. The first-order valence-electron chi connectivity index (χ1n) is 3.60. The fourth-order valence-corrected chi connectivity index (χ4v) is 0.976. The van der Waals surface area contributed by atoms with E-state index < -0.39 is 12.5 Å². The molecule has 6 heteroatoms. The number of nitrogens with one attached hydrogen (secondary N) is 1. The molecule has 0 aliphatic rings. The van der Waals surface area contributed by atoms with Gasteiger partial charge in [-0.1, -0.05) is 0 Å². The van der Waals surface area contributed by atoms with E-state index in [9.17, 15) is 8.78 Å². The largest absolute Gasteiger partial charge is 0.398 e. The lowest BCUT2D eigenvalue weighted by atomic mass is 10.1. The Bertz CT molecular complexity index is 279. The van der Waals surface area contributed by atoms with Gasteiger partial charge in [-0.2, -0.15) is 0 Å². The third-order valence-corrected chi connectivity index (χ3v) is 1.65. The summed E-state index contributed by atoms with van der Waals surface area (Å²) in [6.07, 6.45) is 0.0840. The standard InChI is InChI=1S/C7H10F2N4/c8-7(9)6(13-11)4-3-12-2-1-5(4)10/h1-3,6-7,13H,11H2,(H2,10,12). The Hall–Kier alpha value is -1.27. The molecule has 1 aromatic rings. The van der Waals surface area contributed by atoms with Gasteiger partial charge in [0.15, 0.2) is 0 Å². The van der Waals surface area contributed by atoms with Gasteiger partial charge in [-0.05, 0) is 6.07 Å². The monoisotopic (exact) mass is 188 g/mol. The van der Waals surface area contributed by atoms with Crippen LogP contribution in [0.4, 0.5) is 14.5 Å². The number of nitrogens with zero attached hydrogens (tertiary/aromatic N) is 1. The quantitative estimate of drug-likeness (QED) is 0.475. The van der Waals surface area contributed by atoms with Gasteiger partial charge in [0.2, 0.25) is 0 Å². The van der Waals surface area contributed by atoms with Gasteiger partial charge in [-0.25, -0.2) is 14.2 Å². The van der Waals surface area contributed by atoms with Crippen LogP contribution in [0.3, 0.4) is 0 Å². The molecule has 1 heterocycles. The van der Waals surface area contributed by atoms with Gasteiger partial charge < -0.3 is 5.73 Å². The Balaban J connectivity index is 2.97. The van der Waals surface area contributed by atoms with Crippen molar-refractivity contribution in [3.05, 3.63) is 24.0 Å². The molecular formula is C7H10F2N4. The van der Waals surface area contributed by atoms with Gasteiger partial charge in [-0.15, -0.1) is 0 Å². The first-order chi connectivity index (χ1) is 6.16. The summed E-state index contributed by atoms with van der Waals surface area (Å²) in [4.78, 5) is 3.69. The molecule has 5 N–H and O–H groups in total. The van der Waals surface area contributed by atoms with Crippen LogP contribution in [0.25, 0.3) is 0 Å². The summed E-state index contributed by atoms with van der Waals surface area (Å²) in [5, 5.41) is 0. The highest BCUT2D eigenvalue weighted by Crippen LogP contribution is 2.23. The third kappa shape index (κ3) is 2.10. The molecule has 0 aliphatic heterocycles. The lowest BCUT2D eigenvalue weighted by Gasteiger charge is -2.16. The number of hydrogen-bond acceptors (Lipinski definition) is 4. The van der Waals surface area contributed by atoms with Crippen LogP contribution < -0.4 is 17.0 Å². The number of hydrazine groups is 1. The highest BCUT2D eigenvalue weighted by atomic mass is 19.3. The molecule has 13 heavy (non-hydrogen) atoms. The molecule has 0 saturated carbocycles. The Morgan fingerprint density at radius 1 is 1.46 bits per heavy atom. The molecule has 72 valence electrons. The number of pyridine rings is 1. The van der Waals surface area contributed by atoms with Crippen LogP contribution in [0, 0.1) is 0 Å². The molecule has 4 nitrogen and oxygen atoms in total. The minimum atomic E-state index is -2.61. The van der Waals surface area contributed by atoms with Crippen LogP contribution in [0.15, 0.2) is 18.5 Å². The number of nitrogen functional groups attached to an aromatic ring is 1. The van der Waals surface area contributed by atoms with Crippen LogP contribution in [0.2, 0.25) is 0 Å². The van der Waals surface area contributed by atoms with Crippen LogP contribution >= 0.6 is 0 Å². The zero-order valence-electron chi connectivity index (χ0n) is 6.74. The van der Waals surface area contributed by atoms with Crippen molar-refractivity contribution in [2.24, 2.45) is 5.84 Å². The summed E-state index contributed by atoms with van der Waals surface area (Å²) >= 11 is 0. The molecule has 1 unspecified atom stereocenters. The van der Waals surface area contributed by atoms with Crippen molar-refractivity contribution in [2.45, 2.75) is 12.5 Å². The minimum absolute atomic E-state index is 0.208. The number of anilines is 1. The van der Waals surface area contributed by atoms with Crippen LogP contribution in [0.5, 0.6) is 0 Å². The topological polar surface area (TPSA) is 77.0 Å². The normalized spacial score (nSPS) is 13.2. The molecule has 0 saturated heterocycles. The summed E-state index contributed by atoms with van der Waals surface area (Å²) in [7, 11) is 0. The van der Waals surface area contributed by atoms with Crippen molar-refractivity contribution in [1.82, 2.24) is 10.4 Å². The predicted molar refractivity (Wildman–Crippen MR) is 44.7 cm³/mol. The van der Waals surface area contributed by atoms with Crippen molar-refractivity contribution in [3.8, 4) is 0 Å². The van der Waals surface area contributed by atoms with E-state index in [4.69, 9.17) is 11.6 Å². The fraction of sp³-hybridized carbons (Fsp3) is 0.286. The van der Waals surface area contributed by atoms with Gasteiger partial charge in [0, 0.05) is 23.6 Å². The van der Waals surface area contributed by atoms with Gasteiger partial charge in [-0.3, -0.25) is 10.8 Å². The zero-order valence-corrected chi connectivity index (χ0v) is 6.74. The molecule has 1 rings (SSSR count). The van der Waals surface area contributed by atoms with Crippen molar-refractivity contribution in [2.75, 3.05) is 5.73 Å². The lowest BCUT2D eigenvalue weighted by molar-refractivity contribution is 0.0988. The van der Waals surface area contributed by atoms with E-state index in [1.165, 1.54) is 18.5 Å². The summed E-state index contributed by atoms with van der Waals surface area (Å²) in [5.74, 6) is 4.96. The van der Waals surface area contributed by atoms with E-state index in [2.05, 4.69) is 4.98 Å². The molecule has 1 aromatic heterocycles. The third-order valence-electron chi connectivity index (χ3n) is 1.65. The molecule has 0 bridgehead atoms. The van der Waals surface area contributed by atoms with Crippen molar-refractivity contribution in [3.63, 3.8) is 0 Å². The number of nitrogens with two attached hydrogens (primary N) is 2. The molecule has 0 amide bonds. The molecule has 0 aromatic carbocycles. The Morgan fingerprint density at radius 2 is 2.15 bits per heavy atom. The summed E-state index contributed by atoms with van der Waals surface area (Å²) in [6.45, 7) is 0. The van der Waals surface area contributed by atoms with Gasteiger partial charge in [0.25, 0.3) is 6.43 Å². The average Bonchev–Trinajstić information content (AvgIpc) is 2.09. The lowest BCUT2D eigenvalue weighted by Crippen LogP contribution is -2.33. The number of alkyl halides is 2. The number of hydrogen-bond donors (Lipinski definition) is 3. The second-order valence-corrected chi connectivity index (χ2v) is 2.48. The number of halogens is 2. The second-order valence-electron chi connectivity index (χ2n) is 2.48. The Labute approximate surface area is 73.9 Å². The van der Waals surface area contributed by atoms with E-state index in [0.717, 1.165) is 0 Å². The summed E-state index contributed by atoms with van der Waals surface area (Å²) in [6, 6.07) is 0.177. The SMILES string of the molecule is NNC(c1cnccc1N)C(F)F. The van der Waals surface area contributed by atoms with E-state index in [1.54, 1.807) is 0 Å². The number of rotatable bonds is 3. The maximum Gasteiger partial charge on any atom is 0.259 e. The van der Waals surface area contributed by atoms with Crippen molar-refractivity contribution in [1.29, 1.82) is 0 Å². The average molecular weight is 188 g/mol.